The Kier molecular flexibility index (Phi) is 4.49. The summed E-state index contributed by atoms with van der Waals surface area (Å²) in [6, 6.07) is 1.38. The minimum absolute atomic E-state index is 0.151. The number of nitrogens with zero attached hydrogens (tertiary/aromatic N) is 6. The highest BCUT2D eigenvalue weighted by Gasteiger charge is 2.52. The van der Waals surface area contributed by atoms with Gasteiger partial charge in [-0.15, -0.1) is 11.3 Å². The molecule has 4 aromatic heterocycles. The second kappa shape index (κ2) is 6.69. The van der Waals surface area contributed by atoms with Crippen LogP contribution in [0, 0.1) is 5.82 Å². The molecule has 1 aliphatic heterocycles. The van der Waals surface area contributed by atoms with E-state index in [1.165, 1.54) is 29.9 Å². The first-order chi connectivity index (χ1) is 14.5. The molecule has 1 fully saturated rings. The summed E-state index contributed by atoms with van der Waals surface area (Å²) in [6.45, 7) is 0. The number of piperidine rings is 1. The van der Waals surface area contributed by atoms with E-state index in [1.54, 1.807) is 25.6 Å². The average molecular weight is 454 g/mol. The van der Waals surface area contributed by atoms with Crippen LogP contribution in [0.1, 0.15) is 24.3 Å². The quantitative estimate of drug-likeness (QED) is 0.335. The van der Waals surface area contributed by atoms with Crippen molar-refractivity contribution in [3.8, 4) is 0 Å². The predicted molar refractivity (Wildman–Crippen MR) is 127 cm³/mol. The Morgan fingerprint density at radius 3 is 2.58 bits per heavy atom. The zero-order valence-corrected chi connectivity index (χ0v) is 19.3. The number of pyridine rings is 1. The van der Waals surface area contributed by atoms with E-state index in [-0.39, 0.29) is 16.8 Å². The summed E-state index contributed by atoms with van der Waals surface area (Å²) in [7, 11) is 3.74. The van der Waals surface area contributed by atoms with E-state index in [0.29, 0.717) is 29.0 Å². The number of halogens is 1. The molecule has 0 saturated carbocycles. The van der Waals surface area contributed by atoms with Gasteiger partial charge in [0.1, 0.15) is 43.5 Å². The van der Waals surface area contributed by atoms with E-state index < -0.39 is 20.7 Å². The zero-order chi connectivity index (χ0) is 22.2. The molecule has 31 heavy (non-hydrogen) atoms. The lowest BCUT2D eigenvalue weighted by Crippen LogP contribution is -2.68. The summed E-state index contributed by atoms with van der Waals surface area (Å²) < 4.78 is 47.3. The molecule has 1 aliphatic rings. The van der Waals surface area contributed by atoms with Crippen LogP contribution in [0.5, 0.6) is 0 Å². The third-order valence-corrected chi connectivity index (χ3v) is 9.11. The minimum atomic E-state index is -3.85. The van der Waals surface area contributed by atoms with Gasteiger partial charge in [0, 0.05) is 29.4 Å². The van der Waals surface area contributed by atoms with Crippen LogP contribution in [0.3, 0.4) is 0 Å². The van der Waals surface area contributed by atoms with Crippen molar-refractivity contribution in [2.45, 2.75) is 34.5 Å². The molecule has 0 spiro atoms. The van der Waals surface area contributed by atoms with Gasteiger partial charge in [-0.3, -0.25) is 4.40 Å². The molecule has 156 valence electrons. The van der Waals surface area contributed by atoms with E-state index in [1.807, 2.05) is 36.8 Å². The van der Waals surface area contributed by atoms with Gasteiger partial charge in [-0.05, 0) is 29.4 Å². The molecular formula is C16H19B4FN6O2S2. The molecule has 0 aromatic carbocycles. The number of thiazole rings is 1. The van der Waals surface area contributed by atoms with Crippen molar-refractivity contribution in [3.05, 3.63) is 47.7 Å². The number of sulfonamides is 1. The maximum Gasteiger partial charge on any atom is 0.259 e. The highest BCUT2D eigenvalue weighted by Crippen LogP contribution is 2.44. The van der Waals surface area contributed by atoms with E-state index in [9.17, 15) is 12.8 Å². The van der Waals surface area contributed by atoms with E-state index in [4.69, 9.17) is 0 Å². The minimum Gasteiger partial charge on any atom is -0.280 e. The molecular weight excluding hydrogens is 435 g/mol. The van der Waals surface area contributed by atoms with Crippen LogP contribution >= 0.6 is 11.3 Å². The second-order valence-corrected chi connectivity index (χ2v) is 11.9. The number of hydrogen-bond acceptors (Lipinski definition) is 6. The SMILES string of the molecule is BC1(B)CC(c2cn3ncnc3cc2F)CC(B)(B)N1S(=O)(=O)c1cnc2sccn12. The first-order valence-corrected chi connectivity index (χ1v) is 12.3. The number of aromatic nitrogens is 5. The Hall–Kier alpha value is -2.11. The van der Waals surface area contributed by atoms with Gasteiger partial charge in [0.25, 0.3) is 10.0 Å². The fourth-order valence-corrected chi connectivity index (χ4v) is 8.24. The molecule has 0 radical (unpaired) electrons. The lowest BCUT2D eigenvalue weighted by molar-refractivity contribution is 0.205. The zero-order valence-electron chi connectivity index (χ0n) is 17.6. The molecule has 0 amide bonds. The molecule has 0 bridgehead atoms. The molecule has 0 N–H and O–H groups in total. The number of hydrogen-bond donors (Lipinski definition) is 0. The van der Waals surface area contributed by atoms with Gasteiger partial charge >= 0.3 is 0 Å². The third-order valence-electron chi connectivity index (χ3n) is 6.04. The Balaban J connectivity index is 1.58. The molecule has 1 saturated heterocycles. The monoisotopic (exact) mass is 454 g/mol. The van der Waals surface area contributed by atoms with Gasteiger partial charge in [0.15, 0.2) is 15.6 Å². The Morgan fingerprint density at radius 2 is 1.87 bits per heavy atom. The summed E-state index contributed by atoms with van der Waals surface area (Å²) in [5.74, 6) is -0.513. The highest BCUT2D eigenvalue weighted by molar-refractivity contribution is 7.89. The molecule has 0 aliphatic carbocycles. The molecule has 8 nitrogen and oxygen atoms in total. The van der Waals surface area contributed by atoms with Crippen LogP contribution in [0.2, 0.25) is 0 Å². The lowest BCUT2D eigenvalue weighted by Gasteiger charge is -2.54. The van der Waals surface area contributed by atoms with Gasteiger partial charge in [-0.1, -0.05) is 0 Å². The van der Waals surface area contributed by atoms with E-state index in [0.717, 1.165) is 0 Å². The first kappa shape index (κ1) is 20.8. The van der Waals surface area contributed by atoms with Crippen molar-refractivity contribution >= 4 is 63.4 Å². The van der Waals surface area contributed by atoms with Crippen molar-refractivity contribution < 1.29 is 12.8 Å². The Bertz CT molecular complexity index is 1400. The van der Waals surface area contributed by atoms with Crippen LogP contribution in [0.4, 0.5) is 4.39 Å². The average Bonchev–Trinajstić information content (AvgIpc) is 3.34. The van der Waals surface area contributed by atoms with E-state index in [2.05, 4.69) is 15.1 Å². The summed E-state index contributed by atoms with van der Waals surface area (Å²) in [5, 5.41) is 4.58. The van der Waals surface area contributed by atoms with Crippen LogP contribution < -0.4 is 0 Å². The van der Waals surface area contributed by atoms with E-state index >= 15 is 0 Å². The highest BCUT2D eigenvalue weighted by atomic mass is 32.2. The fraction of sp³-hybridized carbons (Fsp3) is 0.312. The van der Waals surface area contributed by atoms with Crippen LogP contribution in [-0.2, 0) is 10.0 Å². The standard InChI is InChI=1S/C16H19B4FN6O2S2/c17-15(18)4-9(10-7-26-12(3-11(10)21)23-8-24-26)5-16(19,20)27(15)31(28,29)13-6-22-14-25(13)1-2-30-14/h1-3,6-9H,4-5,17-20H2. The van der Waals surface area contributed by atoms with Crippen LogP contribution in [0.15, 0.2) is 41.4 Å². The topological polar surface area (TPSA) is 84.9 Å². The number of rotatable bonds is 3. The van der Waals surface area contributed by atoms with Gasteiger partial charge in [0.05, 0.1) is 6.20 Å². The van der Waals surface area contributed by atoms with Gasteiger partial charge in [-0.25, -0.2) is 31.6 Å². The van der Waals surface area contributed by atoms with Gasteiger partial charge in [0.2, 0.25) is 0 Å². The molecule has 0 unspecified atom stereocenters. The van der Waals surface area contributed by atoms with Crippen LogP contribution in [-0.4, -0.2) is 78.8 Å². The normalized spacial score (nSPS) is 19.9. The number of imidazole rings is 1. The molecule has 5 heterocycles. The van der Waals surface area contributed by atoms with Crippen molar-refractivity contribution in [2.24, 2.45) is 0 Å². The number of fused-ring (bicyclic) bond motifs is 2. The van der Waals surface area contributed by atoms with Gasteiger partial charge < -0.3 is 0 Å². The summed E-state index contributed by atoms with van der Waals surface area (Å²) >= 11 is 1.39. The first-order valence-electron chi connectivity index (χ1n) is 9.96. The Morgan fingerprint density at radius 1 is 1.16 bits per heavy atom. The second-order valence-electron chi connectivity index (χ2n) is 9.29. The largest absolute Gasteiger partial charge is 0.280 e. The maximum absolute atomic E-state index is 15.0. The van der Waals surface area contributed by atoms with Crippen molar-refractivity contribution in [1.82, 2.24) is 28.3 Å². The Labute approximate surface area is 186 Å². The lowest BCUT2D eigenvalue weighted by atomic mass is 9.46. The smallest absolute Gasteiger partial charge is 0.259 e. The summed E-state index contributed by atoms with van der Waals surface area (Å²) in [4.78, 5) is 8.91. The molecule has 4 aromatic rings. The third kappa shape index (κ3) is 3.16. The summed E-state index contributed by atoms with van der Waals surface area (Å²) in [6.07, 6.45) is 7.13. The van der Waals surface area contributed by atoms with Crippen molar-refractivity contribution in [3.63, 3.8) is 0 Å². The van der Waals surface area contributed by atoms with Crippen molar-refractivity contribution in [2.75, 3.05) is 0 Å². The fourth-order valence-electron chi connectivity index (χ4n) is 5.28. The predicted octanol–water partition coefficient (Wildman–Crippen LogP) is -2.01. The molecule has 0 atom stereocenters. The van der Waals surface area contributed by atoms with Crippen LogP contribution in [0.25, 0.3) is 10.6 Å². The molecule has 5 rings (SSSR count). The molecule has 15 heteroatoms. The maximum atomic E-state index is 15.0. The van der Waals surface area contributed by atoms with Gasteiger partial charge in [-0.2, -0.15) is 5.10 Å². The summed E-state index contributed by atoms with van der Waals surface area (Å²) in [5.41, 5.74) is 0.973. The van der Waals surface area contributed by atoms with Crippen molar-refractivity contribution in [1.29, 1.82) is 0 Å².